The van der Waals surface area contributed by atoms with E-state index in [1.54, 1.807) is 0 Å². The molecule has 0 heterocycles. The van der Waals surface area contributed by atoms with Crippen LogP contribution in [-0.4, -0.2) is 57.3 Å². The van der Waals surface area contributed by atoms with Gasteiger partial charge in [0.2, 0.25) is 5.91 Å². The second-order valence-corrected chi connectivity index (χ2v) is 21.4. The van der Waals surface area contributed by atoms with Crippen LogP contribution in [0.3, 0.4) is 0 Å². The van der Waals surface area contributed by atoms with Gasteiger partial charge >= 0.3 is 0 Å². The lowest BCUT2D eigenvalue weighted by Crippen LogP contribution is -2.53. The molecule has 0 aromatic rings. The lowest BCUT2D eigenvalue weighted by molar-refractivity contribution is -0.132. The number of aliphatic hydroxyl groups is 4. The summed E-state index contributed by atoms with van der Waals surface area (Å²) in [6.07, 6.45) is 67.3. The van der Waals surface area contributed by atoms with Crippen LogP contribution in [0.25, 0.3) is 0 Å². The summed E-state index contributed by atoms with van der Waals surface area (Å²) in [7, 11) is 0. The minimum absolute atomic E-state index is 0.374. The van der Waals surface area contributed by atoms with Crippen LogP contribution in [0, 0.1) is 0 Å². The monoisotopic (exact) mass is 948 g/mol. The SMILES string of the molecule is CCCCCCCCCCCCCCCC/C=C\CCCCCCCCCCCCCCCCCCC(O)C(=O)NC(CO)C(O)C(O)CCCCCCCCCCCCCCCCCCC. The molecule has 0 fully saturated rings. The predicted octanol–water partition coefficient (Wildman–Crippen LogP) is 18.0. The predicted molar refractivity (Wildman–Crippen MR) is 293 cm³/mol. The first kappa shape index (κ1) is 66.0. The number of hydrogen-bond donors (Lipinski definition) is 5. The Kier molecular flexibility index (Phi) is 55.2. The molecule has 0 aliphatic rings. The summed E-state index contributed by atoms with van der Waals surface area (Å²) in [6, 6.07) is -0.982. The summed E-state index contributed by atoms with van der Waals surface area (Å²) in [5.41, 5.74) is 0. The molecule has 6 heteroatoms. The number of carbonyl (C=O) groups excluding carboxylic acids is 1. The Balaban J connectivity index is 3.53. The van der Waals surface area contributed by atoms with E-state index in [0.717, 1.165) is 38.5 Å². The van der Waals surface area contributed by atoms with Crippen molar-refractivity contribution in [1.29, 1.82) is 0 Å². The van der Waals surface area contributed by atoms with Crippen LogP contribution >= 0.6 is 0 Å². The van der Waals surface area contributed by atoms with Gasteiger partial charge in [-0.25, -0.2) is 0 Å². The van der Waals surface area contributed by atoms with Crippen molar-refractivity contribution in [3.8, 4) is 0 Å². The summed E-state index contributed by atoms with van der Waals surface area (Å²) < 4.78 is 0. The summed E-state index contributed by atoms with van der Waals surface area (Å²) in [4.78, 5) is 12.6. The van der Waals surface area contributed by atoms with Crippen molar-refractivity contribution in [3.63, 3.8) is 0 Å². The van der Waals surface area contributed by atoms with E-state index >= 15 is 0 Å². The van der Waals surface area contributed by atoms with Crippen molar-refractivity contribution in [2.45, 2.75) is 366 Å². The first-order valence-corrected chi connectivity index (χ1v) is 30.6. The van der Waals surface area contributed by atoms with Gasteiger partial charge in [0.15, 0.2) is 0 Å². The number of allylic oxidation sites excluding steroid dienone is 2. The fraction of sp³-hybridized carbons (Fsp3) is 0.951. The van der Waals surface area contributed by atoms with E-state index in [1.807, 2.05) is 0 Å². The highest BCUT2D eigenvalue weighted by molar-refractivity contribution is 5.80. The topological polar surface area (TPSA) is 110 Å². The molecule has 400 valence electrons. The molecule has 0 spiro atoms. The molecule has 67 heavy (non-hydrogen) atoms. The lowest BCUT2D eigenvalue weighted by atomic mass is 9.99. The van der Waals surface area contributed by atoms with Gasteiger partial charge in [-0.05, 0) is 38.5 Å². The molecule has 0 aromatic heterocycles. The second-order valence-electron chi connectivity index (χ2n) is 21.4. The van der Waals surface area contributed by atoms with E-state index in [0.29, 0.717) is 12.8 Å². The number of hydrogen-bond acceptors (Lipinski definition) is 5. The molecule has 0 rings (SSSR count). The molecule has 0 aromatic carbocycles. The fourth-order valence-electron chi connectivity index (χ4n) is 9.93. The first-order chi connectivity index (χ1) is 33.0. The zero-order valence-corrected chi connectivity index (χ0v) is 45.4. The molecular weight excluding hydrogens is 827 g/mol. The van der Waals surface area contributed by atoms with E-state index in [-0.39, 0.29) is 0 Å². The smallest absolute Gasteiger partial charge is 0.249 e. The van der Waals surface area contributed by atoms with Crippen LogP contribution in [0.15, 0.2) is 12.2 Å². The maximum Gasteiger partial charge on any atom is 0.249 e. The van der Waals surface area contributed by atoms with Crippen LogP contribution in [-0.2, 0) is 4.79 Å². The first-order valence-electron chi connectivity index (χ1n) is 30.6. The van der Waals surface area contributed by atoms with Crippen molar-refractivity contribution in [2.75, 3.05) is 6.61 Å². The minimum atomic E-state index is -1.26. The van der Waals surface area contributed by atoms with Gasteiger partial charge in [-0.3, -0.25) is 4.79 Å². The van der Waals surface area contributed by atoms with E-state index in [2.05, 4.69) is 31.3 Å². The Labute approximate surface area is 419 Å². The molecule has 1 amide bonds. The average Bonchev–Trinajstić information content (AvgIpc) is 3.33. The number of amides is 1. The number of aliphatic hydroxyl groups excluding tert-OH is 4. The van der Waals surface area contributed by atoms with Gasteiger partial charge in [0.1, 0.15) is 12.2 Å². The highest BCUT2D eigenvalue weighted by Crippen LogP contribution is 2.19. The molecule has 6 nitrogen and oxygen atoms in total. The molecule has 0 aliphatic heterocycles. The van der Waals surface area contributed by atoms with Gasteiger partial charge < -0.3 is 25.7 Å². The molecular formula is C61H121NO5. The third-order valence-corrected chi connectivity index (χ3v) is 14.7. The molecule has 4 atom stereocenters. The van der Waals surface area contributed by atoms with Gasteiger partial charge in [-0.1, -0.05) is 315 Å². The van der Waals surface area contributed by atoms with Gasteiger partial charge in [-0.15, -0.1) is 0 Å². The van der Waals surface area contributed by atoms with Crippen molar-refractivity contribution in [2.24, 2.45) is 0 Å². The maximum atomic E-state index is 12.6. The van der Waals surface area contributed by atoms with Crippen molar-refractivity contribution >= 4 is 5.91 Å². The van der Waals surface area contributed by atoms with Crippen LogP contribution in [0.2, 0.25) is 0 Å². The summed E-state index contributed by atoms with van der Waals surface area (Å²) in [6.45, 7) is 4.10. The molecule has 0 bridgehead atoms. The van der Waals surface area contributed by atoms with Gasteiger partial charge in [-0.2, -0.15) is 0 Å². The number of rotatable bonds is 57. The van der Waals surface area contributed by atoms with Gasteiger partial charge in [0, 0.05) is 0 Å². The van der Waals surface area contributed by atoms with E-state index < -0.39 is 36.9 Å². The van der Waals surface area contributed by atoms with Crippen LogP contribution in [0.4, 0.5) is 0 Å². The van der Waals surface area contributed by atoms with Crippen LogP contribution < -0.4 is 5.32 Å². The zero-order chi connectivity index (χ0) is 48.8. The Morgan fingerprint density at radius 1 is 0.358 bits per heavy atom. The normalized spacial score (nSPS) is 13.7. The van der Waals surface area contributed by atoms with Crippen LogP contribution in [0.1, 0.15) is 341 Å². The largest absolute Gasteiger partial charge is 0.394 e. The Hall–Kier alpha value is -0.950. The van der Waals surface area contributed by atoms with E-state index in [4.69, 9.17) is 0 Å². The summed E-state index contributed by atoms with van der Waals surface area (Å²) in [5.74, 6) is -0.577. The third kappa shape index (κ3) is 49.8. The summed E-state index contributed by atoms with van der Waals surface area (Å²) >= 11 is 0. The number of unbranched alkanes of at least 4 members (excludes halogenated alkanes) is 46. The number of nitrogens with one attached hydrogen (secondary N) is 1. The standard InChI is InChI=1S/C61H121NO5/c1-3-5-7-9-11-13-15-17-19-21-22-23-24-25-26-27-28-29-30-31-32-33-34-35-36-37-39-41-43-45-47-49-51-53-55-59(65)61(67)62-57(56-63)60(66)58(64)54-52-50-48-46-44-42-40-38-20-18-16-14-12-10-8-6-4-2/h27-28,57-60,63-66H,3-26,29-56H2,1-2H3,(H,62,67)/b28-27-. The van der Waals surface area contributed by atoms with Gasteiger partial charge in [0.05, 0.1) is 18.8 Å². The Morgan fingerprint density at radius 2 is 0.597 bits per heavy atom. The quantitative estimate of drug-likeness (QED) is 0.0308. The maximum absolute atomic E-state index is 12.6. The highest BCUT2D eigenvalue weighted by Gasteiger charge is 2.28. The fourth-order valence-corrected chi connectivity index (χ4v) is 9.93. The highest BCUT2D eigenvalue weighted by atomic mass is 16.3. The molecule has 0 aliphatic carbocycles. The van der Waals surface area contributed by atoms with Crippen molar-refractivity contribution in [3.05, 3.63) is 12.2 Å². The molecule has 0 saturated carbocycles. The third-order valence-electron chi connectivity index (χ3n) is 14.7. The average molecular weight is 949 g/mol. The van der Waals surface area contributed by atoms with E-state index in [9.17, 15) is 25.2 Å². The second kappa shape index (κ2) is 56.0. The minimum Gasteiger partial charge on any atom is -0.394 e. The lowest BCUT2D eigenvalue weighted by Gasteiger charge is -2.27. The Morgan fingerprint density at radius 3 is 0.866 bits per heavy atom. The molecule has 5 N–H and O–H groups in total. The number of carbonyl (C=O) groups is 1. The summed E-state index contributed by atoms with van der Waals surface area (Å²) in [5, 5.41) is 44.0. The molecule has 4 unspecified atom stereocenters. The molecule has 0 saturated heterocycles. The Bertz CT molecular complexity index is 975. The van der Waals surface area contributed by atoms with Crippen LogP contribution in [0.5, 0.6) is 0 Å². The molecule has 0 radical (unpaired) electrons. The van der Waals surface area contributed by atoms with Crippen molar-refractivity contribution < 1.29 is 25.2 Å². The van der Waals surface area contributed by atoms with Crippen molar-refractivity contribution in [1.82, 2.24) is 5.32 Å². The zero-order valence-electron chi connectivity index (χ0n) is 45.4. The van der Waals surface area contributed by atoms with Gasteiger partial charge in [0.25, 0.3) is 0 Å². The van der Waals surface area contributed by atoms with E-state index in [1.165, 1.54) is 276 Å².